The van der Waals surface area contributed by atoms with Gasteiger partial charge >= 0.3 is 0 Å². The van der Waals surface area contributed by atoms with Gasteiger partial charge in [-0.3, -0.25) is 9.10 Å². The van der Waals surface area contributed by atoms with Gasteiger partial charge in [0.05, 0.1) is 11.9 Å². The monoisotopic (exact) mass is 326 g/mol. The first-order valence-electron chi connectivity index (χ1n) is 7.61. The van der Waals surface area contributed by atoms with Crippen LogP contribution in [0.25, 0.3) is 0 Å². The van der Waals surface area contributed by atoms with Gasteiger partial charge in [-0.15, -0.1) is 0 Å². The first-order valence-corrected chi connectivity index (χ1v) is 9.46. The second-order valence-corrected chi connectivity index (χ2v) is 7.43. The molecular weight excluding hydrogens is 300 g/mol. The predicted molar refractivity (Wildman–Crippen MR) is 90.5 cm³/mol. The van der Waals surface area contributed by atoms with Crippen LogP contribution >= 0.6 is 0 Å². The van der Waals surface area contributed by atoms with E-state index in [0.717, 1.165) is 31.1 Å². The van der Waals surface area contributed by atoms with E-state index >= 15 is 0 Å². The first kappa shape index (κ1) is 18.5. The smallest absolute Gasteiger partial charge is 0.243 e. The highest BCUT2D eigenvalue weighted by molar-refractivity contribution is 7.92. The Hall–Kier alpha value is -1.56. The Kier molecular flexibility index (Phi) is 6.87. The maximum absolute atomic E-state index is 12.2. The third-order valence-electron chi connectivity index (χ3n) is 3.46. The molecule has 0 saturated heterocycles. The Morgan fingerprint density at radius 2 is 1.82 bits per heavy atom. The highest BCUT2D eigenvalue weighted by atomic mass is 32.2. The van der Waals surface area contributed by atoms with E-state index in [1.165, 1.54) is 4.31 Å². The molecule has 1 aromatic carbocycles. The lowest BCUT2D eigenvalue weighted by atomic mass is 10.2. The fourth-order valence-corrected chi connectivity index (χ4v) is 3.41. The summed E-state index contributed by atoms with van der Waals surface area (Å²) in [6.45, 7) is 6.20. The lowest BCUT2D eigenvalue weighted by Crippen LogP contribution is -2.48. The Morgan fingerprint density at radius 1 is 1.23 bits per heavy atom. The topological polar surface area (TPSA) is 66.5 Å². The summed E-state index contributed by atoms with van der Waals surface area (Å²) in [5.41, 5.74) is 1.54. The number of hydrogen-bond acceptors (Lipinski definition) is 3. The van der Waals surface area contributed by atoms with Gasteiger partial charge in [0, 0.05) is 6.54 Å². The number of nitrogens with one attached hydrogen (secondary N) is 1. The number of hydrogen-bond donors (Lipinski definition) is 1. The fourth-order valence-electron chi connectivity index (χ4n) is 2.23. The molecule has 0 unspecified atom stereocenters. The summed E-state index contributed by atoms with van der Waals surface area (Å²) < 4.78 is 25.3. The molecule has 22 heavy (non-hydrogen) atoms. The summed E-state index contributed by atoms with van der Waals surface area (Å²) in [4.78, 5) is 12.2. The van der Waals surface area contributed by atoms with Gasteiger partial charge in [-0.2, -0.15) is 0 Å². The molecule has 1 aromatic rings. The van der Waals surface area contributed by atoms with E-state index in [9.17, 15) is 13.2 Å². The van der Waals surface area contributed by atoms with Crippen LogP contribution in [0.4, 0.5) is 5.69 Å². The van der Waals surface area contributed by atoms with Crippen molar-refractivity contribution in [1.82, 2.24) is 5.32 Å². The van der Waals surface area contributed by atoms with Crippen LogP contribution < -0.4 is 9.62 Å². The van der Waals surface area contributed by atoms with E-state index in [4.69, 9.17) is 0 Å². The average molecular weight is 326 g/mol. The van der Waals surface area contributed by atoms with Gasteiger partial charge in [0.1, 0.15) is 6.04 Å². The molecule has 124 valence electrons. The quantitative estimate of drug-likeness (QED) is 0.746. The van der Waals surface area contributed by atoms with E-state index in [1.807, 2.05) is 19.1 Å². The molecule has 1 N–H and O–H groups in total. The zero-order valence-corrected chi connectivity index (χ0v) is 14.6. The molecule has 0 aliphatic carbocycles. The van der Waals surface area contributed by atoms with E-state index in [-0.39, 0.29) is 5.91 Å². The summed E-state index contributed by atoms with van der Waals surface area (Å²) in [6, 6.07) is 6.33. The van der Waals surface area contributed by atoms with Crippen LogP contribution in [0.2, 0.25) is 0 Å². The average Bonchev–Trinajstić information content (AvgIpc) is 2.44. The van der Waals surface area contributed by atoms with Crippen molar-refractivity contribution in [1.29, 1.82) is 0 Å². The number of carbonyl (C=O) groups is 1. The maximum atomic E-state index is 12.2. The molecule has 0 aliphatic rings. The minimum absolute atomic E-state index is 0.276. The molecule has 1 amide bonds. The number of unbranched alkanes of at least 4 members (excludes halogenated alkanes) is 2. The van der Waals surface area contributed by atoms with E-state index < -0.39 is 16.1 Å². The van der Waals surface area contributed by atoms with Crippen molar-refractivity contribution in [3.63, 3.8) is 0 Å². The Morgan fingerprint density at radius 3 is 2.32 bits per heavy atom. The molecule has 6 heteroatoms. The van der Waals surface area contributed by atoms with Gasteiger partial charge in [-0.1, -0.05) is 37.5 Å². The maximum Gasteiger partial charge on any atom is 0.243 e. The van der Waals surface area contributed by atoms with E-state index in [1.54, 1.807) is 19.1 Å². The summed E-state index contributed by atoms with van der Waals surface area (Å²) in [7, 11) is -3.54. The van der Waals surface area contributed by atoms with Crippen LogP contribution in [0.3, 0.4) is 0 Å². The molecular formula is C16H26N2O3S. The SMILES string of the molecule is CCCCCNC(=O)[C@H](C)N(c1ccc(C)cc1)S(C)(=O)=O. The number of amides is 1. The van der Waals surface area contributed by atoms with Crippen molar-refractivity contribution in [2.45, 2.75) is 46.1 Å². The second kappa shape index (κ2) is 8.17. The van der Waals surface area contributed by atoms with Crippen LogP contribution in [0.5, 0.6) is 0 Å². The van der Waals surface area contributed by atoms with Crippen molar-refractivity contribution in [2.75, 3.05) is 17.1 Å². The molecule has 0 fully saturated rings. The molecule has 1 rings (SSSR count). The number of rotatable bonds is 8. The number of benzene rings is 1. The van der Waals surface area contributed by atoms with Crippen LogP contribution in [0.15, 0.2) is 24.3 Å². The number of carbonyl (C=O) groups excluding carboxylic acids is 1. The largest absolute Gasteiger partial charge is 0.354 e. The summed E-state index contributed by atoms with van der Waals surface area (Å²) in [5, 5.41) is 2.81. The first-order chi connectivity index (χ1) is 10.3. The molecule has 5 nitrogen and oxygen atoms in total. The molecule has 0 aromatic heterocycles. The highest BCUT2D eigenvalue weighted by Gasteiger charge is 2.28. The zero-order valence-electron chi connectivity index (χ0n) is 13.8. The number of sulfonamides is 1. The van der Waals surface area contributed by atoms with Gasteiger partial charge in [0.15, 0.2) is 0 Å². The van der Waals surface area contributed by atoms with Gasteiger partial charge in [0.25, 0.3) is 0 Å². The lowest BCUT2D eigenvalue weighted by molar-refractivity contribution is -0.121. The van der Waals surface area contributed by atoms with E-state index in [2.05, 4.69) is 12.2 Å². The fraction of sp³-hybridized carbons (Fsp3) is 0.562. The highest BCUT2D eigenvalue weighted by Crippen LogP contribution is 2.21. The van der Waals surface area contributed by atoms with Crippen molar-refractivity contribution in [3.8, 4) is 0 Å². The van der Waals surface area contributed by atoms with Crippen molar-refractivity contribution in [2.24, 2.45) is 0 Å². The third kappa shape index (κ3) is 5.33. The standard InChI is InChI=1S/C16H26N2O3S/c1-5-6-7-12-17-16(19)14(3)18(22(4,20)21)15-10-8-13(2)9-11-15/h8-11,14H,5-7,12H2,1-4H3,(H,17,19)/t14-/m0/s1. The minimum Gasteiger partial charge on any atom is -0.354 e. The normalized spacial score (nSPS) is 12.7. The Labute approximate surface area is 133 Å². The molecule has 0 heterocycles. The summed E-state index contributed by atoms with van der Waals surface area (Å²) in [6.07, 6.45) is 4.14. The molecule has 0 bridgehead atoms. The van der Waals surface area contributed by atoms with Crippen LogP contribution in [0.1, 0.15) is 38.7 Å². The van der Waals surface area contributed by atoms with Crippen molar-refractivity contribution in [3.05, 3.63) is 29.8 Å². The lowest BCUT2D eigenvalue weighted by Gasteiger charge is -2.28. The predicted octanol–water partition coefficient (Wildman–Crippen LogP) is 2.46. The minimum atomic E-state index is -3.54. The Balaban J connectivity index is 2.88. The Bertz CT molecular complexity index is 582. The third-order valence-corrected chi connectivity index (χ3v) is 4.70. The van der Waals surface area contributed by atoms with Gasteiger partial charge in [0.2, 0.25) is 15.9 Å². The molecule has 0 radical (unpaired) electrons. The number of anilines is 1. The van der Waals surface area contributed by atoms with Crippen LogP contribution in [0, 0.1) is 6.92 Å². The summed E-state index contributed by atoms with van der Waals surface area (Å²) >= 11 is 0. The second-order valence-electron chi connectivity index (χ2n) is 5.57. The molecule has 0 aliphatic heterocycles. The van der Waals surface area contributed by atoms with Crippen molar-refractivity contribution >= 4 is 21.6 Å². The number of aryl methyl sites for hydroxylation is 1. The zero-order chi connectivity index (χ0) is 16.8. The van der Waals surface area contributed by atoms with Gasteiger partial charge < -0.3 is 5.32 Å². The molecule has 0 saturated carbocycles. The molecule has 0 spiro atoms. The van der Waals surface area contributed by atoms with Crippen molar-refractivity contribution < 1.29 is 13.2 Å². The van der Waals surface area contributed by atoms with Crippen LogP contribution in [-0.4, -0.2) is 33.2 Å². The van der Waals surface area contributed by atoms with Crippen LogP contribution in [-0.2, 0) is 14.8 Å². The molecule has 1 atom stereocenters. The van der Waals surface area contributed by atoms with Gasteiger partial charge in [-0.25, -0.2) is 8.42 Å². The number of nitrogens with zero attached hydrogens (tertiary/aromatic N) is 1. The summed E-state index contributed by atoms with van der Waals surface area (Å²) in [5.74, 6) is -0.276. The van der Waals surface area contributed by atoms with Gasteiger partial charge in [-0.05, 0) is 32.4 Å². The van der Waals surface area contributed by atoms with E-state index in [0.29, 0.717) is 12.2 Å².